The van der Waals surface area contributed by atoms with E-state index in [2.05, 4.69) is 5.32 Å². The second-order valence-electron chi connectivity index (χ2n) is 7.87. The molecule has 138 valence electrons. The van der Waals surface area contributed by atoms with Crippen molar-refractivity contribution < 1.29 is 13.2 Å². The van der Waals surface area contributed by atoms with E-state index in [0.29, 0.717) is 11.6 Å². The van der Waals surface area contributed by atoms with Crippen molar-refractivity contribution in [3.8, 4) is 0 Å². The molecule has 5 nitrogen and oxygen atoms in total. The van der Waals surface area contributed by atoms with Crippen molar-refractivity contribution >= 4 is 21.6 Å². The van der Waals surface area contributed by atoms with Crippen LogP contribution < -0.4 is 9.62 Å². The highest BCUT2D eigenvalue weighted by Crippen LogP contribution is 2.44. The molecule has 1 N–H and O–H groups in total. The normalized spacial score (nSPS) is 26.5. The van der Waals surface area contributed by atoms with Gasteiger partial charge < -0.3 is 5.32 Å². The van der Waals surface area contributed by atoms with Crippen LogP contribution in [-0.2, 0) is 14.8 Å². The summed E-state index contributed by atoms with van der Waals surface area (Å²) in [5.74, 6) is 1.09. The first kappa shape index (κ1) is 18.2. The fourth-order valence-electron chi connectivity index (χ4n) is 4.61. The summed E-state index contributed by atoms with van der Waals surface area (Å²) in [6.45, 7) is 5.52. The first-order valence-corrected chi connectivity index (χ1v) is 10.9. The van der Waals surface area contributed by atoms with Crippen molar-refractivity contribution in [3.05, 3.63) is 29.3 Å². The number of carbonyl (C=O) groups excluding carboxylic acids is 1. The average Bonchev–Trinajstić information content (AvgIpc) is 3.07. The Morgan fingerprint density at radius 3 is 2.28 bits per heavy atom. The molecule has 3 rings (SSSR count). The topological polar surface area (TPSA) is 66.5 Å². The molecule has 1 aromatic rings. The Morgan fingerprint density at radius 1 is 1.16 bits per heavy atom. The zero-order valence-electron chi connectivity index (χ0n) is 15.5. The highest BCUT2D eigenvalue weighted by atomic mass is 32.2. The summed E-state index contributed by atoms with van der Waals surface area (Å²) in [5.41, 5.74) is 2.50. The lowest BCUT2D eigenvalue weighted by atomic mass is 9.95. The maximum atomic E-state index is 12.8. The molecule has 2 aliphatic rings. The molecular weight excluding hydrogens is 336 g/mol. The van der Waals surface area contributed by atoms with Crippen LogP contribution in [-0.4, -0.2) is 32.7 Å². The molecule has 0 saturated heterocycles. The third-order valence-electron chi connectivity index (χ3n) is 5.62. The summed E-state index contributed by atoms with van der Waals surface area (Å²) >= 11 is 0. The van der Waals surface area contributed by atoms with E-state index in [1.54, 1.807) is 6.92 Å². The molecule has 4 atom stereocenters. The number of nitrogens with one attached hydrogen (secondary N) is 1. The zero-order chi connectivity index (χ0) is 18.4. The predicted molar refractivity (Wildman–Crippen MR) is 100 cm³/mol. The molecule has 0 heterocycles. The van der Waals surface area contributed by atoms with E-state index < -0.39 is 16.1 Å². The van der Waals surface area contributed by atoms with Crippen molar-refractivity contribution in [2.24, 2.45) is 11.8 Å². The molecule has 0 radical (unpaired) electrons. The molecule has 0 spiro atoms. The Morgan fingerprint density at radius 2 is 1.80 bits per heavy atom. The quantitative estimate of drug-likeness (QED) is 0.874. The van der Waals surface area contributed by atoms with Gasteiger partial charge in [-0.15, -0.1) is 0 Å². The summed E-state index contributed by atoms with van der Waals surface area (Å²) in [6.07, 6.45) is 5.84. The van der Waals surface area contributed by atoms with Crippen LogP contribution in [0.4, 0.5) is 5.69 Å². The second-order valence-corrected chi connectivity index (χ2v) is 9.73. The second kappa shape index (κ2) is 6.63. The highest BCUT2D eigenvalue weighted by molar-refractivity contribution is 7.92. The monoisotopic (exact) mass is 364 g/mol. The number of aryl methyl sites for hydroxylation is 2. The van der Waals surface area contributed by atoms with Crippen LogP contribution in [0.25, 0.3) is 0 Å². The van der Waals surface area contributed by atoms with Gasteiger partial charge in [0.1, 0.15) is 6.04 Å². The molecule has 6 heteroatoms. The number of sulfonamides is 1. The van der Waals surface area contributed by atoms with Gasteiger partial charge in [-0.3, -0.25) is 9.10 Å². The molecule has 2 aliphatic carbocycles. The smallest absolute Gasteiger partial charge is 0.243 e. The van der Waals surface area contributed by atoms with Gasteiger partial charge in [0.15, 0.2) is 0 Å². The van der Waals surface area contributed by atoms with Crippen molar-refractivity contribution in [2.45, 2.75) is 58.5 Å². The number of nitrogens with zero attached hydrogens (tertiary/aromatic N) is 1. The van der Waals surface area contributed by atoms with Crippen LogP contribution in [0.1, 0.15) is 43.7 Å². The van der Waals surface area contributed by atoms with Crippen molar-refractivity contribution in [1.29, 1.82) is 0 Å². The lowest BCUT2D eigenvalue weighted by Crippen LogP contribution is -2.51. The minimum atomic E-state index is -3.57. The Balaban J connectivity index is 1.82. The van der Waals surface area contributed by atoms with Crippen LogP contribution in [0.3, 0.4) is 0 Å². The Labute approximate surface area is 150 Å². The minimum absolute atomic E-state index is 0.203. The van der Waals surface area contributed by atoms with Gasteiger partial charge in [0.25, 0.3) is 0 Å². The summed E-state index contributed by atoms with van der Waals surface area (Å²) < 4.78 is 26.1. The van der Waals surface area contributed by atoms with Crippen LogP contribution in [0.15, 0.2) is 18.2 Å². The molecule has 2 fully saturated rings. The molecule has 0 aromatic heterocycles. The number of benzene rings is 1. The molecular formula is C19H28N2O3S. The van der Waals surface area contributed by atoms with Crippen LogP contribution in [0, 0.1) is 25.7 Å². The maximum Gasteiger partial charge on any atom is 0.243 e. The first-order chi connectivity index (χ1) is 11.6. The number of hydrogen-bond donors (Lipinski definition) is 1. The summed E-state index contributed by atoms with van der Waals surface area (Å²) in [7, 11) is -3.57. The van der Waals surface area contributed by atoms with Crippen molar-refractivity contribution in [3.63, 3.8) is 0 Å². The zero-order valence-corrected chi connectivity index (χ0v) is 16.3. The largest absolute Gasteiger partial charge is 0.351 e. The molecule has 0 unspecified atom stereocenters. The fraction of sp³-hybridized carbons (Fsp3) is 0.632. The number of hydrogen-bond acceptors (Lipinski definition) is 3. The van der Waals surface area contributed by atoms with E-state index in [-0.39, 0.29) is 11.9 Å². The molecule has 1 amide bonds. The van der Waals surface area contributed by atoms with E-state index in [0.717, 1.165) is 29.7 Å². The third kappa shape index (κ3) is 3.84. The number of carbonyl (C=O) groups is 1. The van der Waals surface area contributed by atoms with Gasteiger partial charge >= 0.3 is 0 Å². The van der Waals surface area contributed by atoms with Gasteiger partial charge in [0, 0.05) is 6.04 Å². The number of fused-ring (bicyclic) bond motifs is 2. The van der Waals surface area contributed by atoms with Crippen molar-refractivity contribution in [1.82, 2.24) is 5.32 Å². The van der Waals surface area contributed by atoms with Crippen LogP contribution >= 0.6 is 0 Å². The lowest BCUT2D eigenvalue weighted by molar-refractivity contribution is -0.122. The Bertz CT molecular complexity index is 755. The van der Waals surface area contributed by atoms with Crippen LogP contribution in [0.5, 0.6) is 0 Å². The predicted octanol–water partition coefficient (Wildman–Crippen LogP) is 2.76. The Hall–Kier alpha value is -1.56. The van der Waals surface area contributed by atoms with Gasteiger partial charge in [-0.1, -0.05) is 12.5 Å². The van der Waals surface area contributed by atoms with Gasteiger partial charge in [-0.05, 0) is 75.1 Å². The van der Waals surface area contributed by atoms with E-state index in [1.807, 2.05) is 32.0 Å². The molecule has 1 aromatic carbocycles. The maximum absolute atomic E-state index is 12.8. The highest BCUT2D eigenvalue weighted by Gasteiger charge is 2.41. The standard InChI is InChI=1S/C19H28N2O3S/c1-12-7-13(2)9-17(8-12)21(25(4,23)24)14(3)19(22)20-18-11-15-5-6-16(18)10-15/h7-9,14-16,18H,5-6,10-11H2,1-4H3,(H,20,22)/t14-,15+,16+,18+/m1/s1. The molecule has 2 bridgehead atoms. The van der Waals surface area contributed by atoms with Crippen LogP contribution in [0.2, 0.25) is 0 Å². The molecule has 2 saturated carbocycles. The summed E-state index contributed by atoms with van der Waals surface area (Å²) in [6, 6.07) is 5.05. The first-order valence-electron chi connectivity index (χ1n) is 9.03. The number of anilines is 1. The summed E-state index contributed by atoms with van der Waals surface area (Å²) in [5, 5.41) is 3.12. The number of rotatable bonds is 5. The van der Waals surface area contributed by atoms with Gasteiger partial charge in [-0.25, -0.2) is 8.42 Å². The fourth-order valence-corrected chi connectivity index (χ4v) is 5.77. The van der Waals surface area contributed by atoms with E-state index >= 15 is 0 Å². The lowest BCUT2D eigenvalue weighted by Gasteiger charge is -2.31. The van der Waals surface area contributed by atoms with Gasteiger partial charge in [0.05, 0.1) is 11.9 Å². The van der Waals surface area contributed by atoms with Gasteiger partial charge in [0.2, 0.25) is 15.9 Å². The molecule has 25 heavy (non-hydrogen) atoms. The van der Waals surface area contributed by atoms with Crippen molar-refractivity contribution in [2.75, 3.05) is 10.6 Å². The van der Waals surface area contributed by atoms with Gasteiger partial charge in [-0.2, -0.15) is 0 Å². The molecule has 0 aliphatic heterocycles. The Kier molecular flexibility index (Phi) is 4.84. The van der Waals surface area contributed by atoms with E-state index in [1.165, 1.54) is 23.6 Å². The number of amides is 1. The van der Waals surface area contributed by atoms with E-state index in [4.69, 9.17) is 0 Å². The minimum Gasteiger partial charge on any atom is -0.351 e. The summed E-state index contributed by atoms with van der Waals surface area (Å²) in [4.78, 5) is 12.8. The average molecular weight is 365 g/mol. The SMILES string of the molecule is Cc1cc(C)cc(N([C@H](C)C(=O)N[C@H]2C[C@H]3CC[C@H]2C3)S(C)(=O)=O)c1. The van der Waals surface area contributed by atoms with E-state index in [9.17, 15) is 13.2 Å². The third-order valence-corrected chi connectivity index (χ3v) is 6.86.